The number of rotatable bonds is 2. The summed E-state index contributed by atoms with van der Waals surface area (Å²) in [6.45, 7) is 8.04. The van der Waals surface area contributed by atoms with E-state index in [0.717, 1.165) is 62.6 Å². The number of likely N-dealkylation sites (tertiary alicyclic amines) is 1. The van der Waals surface area contributed by atoms with Gasteiger partial charge in [-0.25, -0.2) is 0 Å². The normalized spacial score (nSPS) is 23.0. The van der Waals surface area contributed by atoms with Gasteiger partial charge in [0.05, 0.1) is 0 Å². The van der Waals surface area contributed by atoms with E-state index in [1.165, 1.54) is 6.42 Å². The van der Waals surface area contributed by atoms with Crippen molar-refractivity contribution in [3.05, 3.63) is 17.0 Å². The lowest BCUT2D eigenvalue weighted by Crippen LogP contribution is -2.34. The average molecular weight is 290 g/mol. The zero-order chi connectivity index (χ0) is 14.8. The minimum atomic E-state index is 0.112. The molecule has 0 saturated carbocycles. The summed E-state index contributed by atoms with van der Waals surface area (Å²) in [4.78, 5) is 14.8. The van der Waals surface area contributed by atoms with Crippen LogP contribution in [0.15, 0.2) is 0 Å². The second kappa shape index (κ2) is 6.18. The Morgan fingerprint density at radius 2 is 2.19 bits per heavy atom. The van der Waals surface area contributed by atoms with Crippen molar-refractivity contribution in [3.8, 4) is 0 Å². The van der Waals surface area contributed by atoms with Gasteiger partial charge in [-0.2, -0.15) is 5.10 Å². The van der Waals surface area contributed by atoms with Crippen LogP contribution in [0.25, 0.3) is 0 Å². The number of aromatic nitrogens is 2. The monoisotopic (exact) mass is 290 g/mol. The van der Waals surface area contributed by atoms with Crippen molar-refractivity contribution in [2.24, 2.45) is 11.8 Å². The molecule has 0 radical (unpaired) electrons. The number of hydrogen-bond donors (Lipinski definition) is 2. The third kappa shape index (κ3) is 2.98. The molecule has 1 amide bonds. The molecule has 21 heavy (non-hydrogen) atoms. The lowest BCUT2D eigenvalue weighted by Gasteiger charge is -2.22. The topological polar surface area (TPSA) is 61.0 Å². The molecule has 0 aromatic carbocycles. The first-order valence-corrected chi connectivity index (χ1v) is 8.23. The second-order valence-electron chi connectivity index (χ2n) is 6.68. The predicted molar refractivity (Wildman–Crippen MR) is 82.1 cm³/mol. The van der Waals surface area contributed by atoms with E-state index in [2.05, 4.69) is 29.4 Å². The third-order valence-corrected chi connectivity index (χ3v) is 5.01. The molecule has 2 aliphatic heterocycles. The molecule has 0 spiro atoms. The molecule has 1 aromatic heterocycles. The Labute approximate surface area is 126 Å². The van der Waals surface area contributed by atoms with Crippen LogP contribution in [-0.2, 0) is 13.0 Å². The number of hydrogen-bond acceptors (Lipinski definition) is 3. The molecule has 3 heterocycles. The summed E-state index contributed by atoms with van der Waals surface area (Å²) < 4.78 is 0. The van der Waals surface area contributed by atoms with E-state index < -0.39 is 0 Å². The molecule has 1 fully saturated rings. The van der Waals surface area contributed by atoms with Gasteiger partial charge in [-0.1, -0.05) is 13.8 Å². The van der Waals surface area contributed by atoms with E-state index >= 15 is 0 Å². The summed E-state index contributed by atoms with van der Waals surface area (Å²) in [5.74, 6) is 1.57. The minimum absolute atomic E-state index is 0.112. The van der Waals surface area contributed by atoms with E-state index in [9.17, 15) is 4.79 Å². The quantitative estimate of drug-likeness (QED) is 0.875. The number of fused-ring (bicyclic) bond motifs is 1. The fourth-order valence-corrected chi connectivity index (χ4v) is 3.54. The summed E-state index contributed by atoms with van der Waals surface area (Å²) in [5.41, 5.74) is 2.85. The maximum Gasteiger partial charge on any atom is 0.274 e. The van der Waals surface area contributed by atoms with Gasteiger partial charge in [0.1, 0.15) is 0 Å². The number of H-pyrrole nitrogens is 1. The van der Waals surface area contributed by atoms with Gasteiger partial charge in [-0.05, 0) is 31.1 Å². The first-order valence-electron chi connectivity index (χ1n) is 8.23. The third-order valence-electron chi connectivity index (χ3n) is 5.01. The largest absolute Gasteiger partial charge is 0.337 e. The van der Waals surface area contributed by atoms with Crippen LogP contribution in [0.4, 0.5) is 0 Å². The molecule has 3 rings (SSSR count). The lowest BCUT2D eigenvalue weighted by atomic mass is 9.89. The van der Waals surface area contributed by atoms with Gasteiger partial charge in [0.2, 0.25) is 0 Å². The molecule has 1 atom stereocenters. The Bertz CT molecular complexity index is 508. The van der Waals surface area contributed by atoms with Gasteiger partial charge in [-0.3, -0.25) is 9.89 Å². The smallest absolute Gasteiger partial charge is 0.274 e. The highest BCUT2D eigenvalue weighted by atomic mass is 16.2. The molecule has 116 valence electrons. The van der Waals surface area contributed by atoms with E-state index in [1.54, 1.807) is 0 Å². The Morgan fingerprint density at radius 1 is 1.33 bits per heavy atom. The standard InChI is InChI=1S/C16H26N4O/c1-11(2)12-4-3-8-20(9-6-12)16(21)15-13-10-17-7-5-14(13)18-19-15/h11-12,17H,3-10H2,1-2H3,(H,18,19). The van der Waals surface area contributed by atoms with Crippen LogP contribution in [0.3, 0.4) is 0 Å². The van der Waals surface area contributed by atoms with Gasteiger partial charge < -0.3 is 10.2 Å². The number of nitrogens with zero attached hydrogens (tertiary/aromatic N) is 2. The van der Waals surface area contributed by atoms with Crippen molar-refractivity contribution >= 4 is 5.91 Å². The van der Waals surface area contributed by atoms with Crippen LogP contribution >= 0.6 is 0 Å². The van der Waals surface area contributed by atoms with Crippen molar-refractivity contribution in [1.82, 2.24) is 20.4 Å². The number of aromatic amines is 1. The highest BCUT2D eigenvalue weighted by Gasteiger charge is 2.28. The molecule has 0 aliphatic carbocycles. The van der Waals surface area contributed by atoms with Crippen LogP contribution in [0.2, 0.25) is 0 Å². The lowest BCUT2D eigenvalue weighted by molar-refractivity contribution is 0.0751. The number of nitrogens with one attached hydrogen (secondary N) is 2. The Hall–Kier alpha value is -1.36. The summed E-state index contributed by atoms with van der Waals surface area (Å²) >= 11 is 0. The summed E-state index contributed by atoms with van der Waals surface area (Å²) in [6.07, 6.45) is 4.40. The van der Waals surface area contributed by atoms with Crippen molar-refractivity contribution in [3.63, 3.8) is 0 Å². The van der Waals surface area contributed by atoms with Gasteiger partial charge in [0.15, 0.2) is 5.69 Å². The fourth-order valence-electron chi connectivity index (χ4n) is 3.54. The fraction of sp³-hybridized carbons (Fsp3) is 0.750. The molecular weight excluding hydrogens is 264 g/mol. The molecule has 1 saturated heterocycles. The van der Waals surface area contributed by atoms with E-state index in [-0.39, 0.29) is 5.91 Å². The molecule has 2 N–H and O–H groups in total. The van der Waals surface area contributed by atoms with E-state index in [1.807, 2.05) is 4.90 Å². The zero-order valence-electron chi connectivity index (χ0n) is 13.1. The SMILES string of the molecule is CC(C)C1CCCN(C(=O)c2n[nH]c3c2CNCC3)CC1. The molecule has 5 heteroatoms. The van der Waals surface area contributed by atoms with E-state index in [0.29, 0.717) is 11.6 Å². The molecule has 5 nitrogen and oxygen atoms in total. The molecule has 2 aliphatic rings. The van der Waals surface area contributed by atoms with Gasteiger partial charge in [0, 0.05) is 43.9 Å². The van der Waals surface area contributed by atoms with Crippen LogP contribution in [0, 0.1) is 11.8 Å². The predicted octanol–water partition coefficient (Wildman–Crippen LogP) is 1.95. The summed E-state index contributed by atoms with van der Waals surface area (Å²) in [6, 6.07) is 0. The summed E-state index contributed by atoms with van der Waals surface area (Å²) in [5, 5.41) is 10.7. The number of carbonyl (C=O) groups is 1. The van der Waals surface area contributed by atoms with Crippen LogP contribution in [0.5, 0.6) is 0 Å². The Kier molecular flexibility index (Phi) is 4.29. The zero-order valence-corrected chi connectivity index (χ0v) is 13.1. The summed E-state index contributed by atoms with van der Waals surface area (Å²) in [7, 11) is 0. The maximum atomic E-state index is 12.8. The van der Waals surface area contributed by atoms with Crippen molar-refractivity contribution < 1.29 is 4.79 Å². The second-order valence-corrected chi connectivity index (χ2v) is 6.68. The van der Waals surface area contributed by atoms with Gasteiger partial charge >= 0.3 is 0 Å². The maximum absolute atomic E-state index is 12.8. The number of carbonyl (C=O) groups excluding carboxylic acids is 1. The molecule has 0 bridgehead atoms. The van der Waals surface area contributed by atoms with Gasteiger partial charge in [-0.15, -0.1) is 0 Å². The molecular formula is C16H26N4O. The van der Waals surface area contributed by atoms with Crippen molar-refractivity contribution in [2.75, 3.05) is 19.6 Å². The van der Waals surface area contributed by atoms with Crippen molar-refractivity contribution in [2.45, 2.75) is 46.1 Å². The minimum Gasteiger partial charge on any atom is -0.337 e. The van der Waals surface area contributed by atoms with Crippen LogP contribution in [-0.4, -0.2) is 40.6 Å². The molecule has 1 aromatic rings. The highest BCUT2D eigenvalue weighted by molar-refractivity contribution is 5.94. The number of amides is 1. The Balaban J connectivity index is 1.72. The highest BCUT2D eigenvalue weighted by Crippen LogP contribution is 2.26. The van der Waals surface area contributed by atoms with Crippen LogP contribution in [0.1, 0.15) is 54.9 Å². The molecule has 1 unspecified atom stereocenters. The first kappa shape index (κ1) is 14.6. The van der Waals surface area contributed by atoms with E-state index in [4.69, 9.17) is 0 Å². The Morgan fingerprint density at radius 3 is 3.00 bits per heavy atom. The average Bonchev–Trinajstić information content (AvgIpc) is 2.75. The van der Waals surface area contributed by atoms with Crippen molar-refractivity contribution in [1.29, 1.82) is 0 Å². The van der Waals surface area contributed by atoms with Gasteiger partial charge in [0.25, 0.3) is 5.91 Å². The first-order chi connectivity index (χ1) is 10.2. The van der Waals surface area contributed by atoms with Crippen LogP contribution < -0.4 is 5.32 Å².